The number of likely N-dealkylation sites (N-methyl/N-ethyl adjacent to an activating group) is 1. The van der Waals surface area contributed by atoms with Crippen LogP contribution in [0.5, 0.6) is 6.01 Å². The number of fused-ring (bicyclic) bond motifs is 1. The van der Waals surface area contributed by atoms with Crippen molar-refractivity contribution in [3.05, 3.63) is 59.3 Å². The molecule has 4 heterocycles. The first-order valence-electron chi connectivity index (χ1n) is 13.3. The molecule has 1 aromatic heterocycles. The van der Waals surface area contributed by atoms with E-state index in [0.717, 1.165) is 42.5 Å². The maximum Gasteiger partial charge on any atom is 0.318 e. The second-order valence-electron chi connectivity index (χ2n) is 10.5. The van der Waals surface area contributed by atoms with E-state index < -0.39 is 11.6 Å². The summed E-state index contributed by atoms with van der Waals surface area (Å²) in [5, 5.41) is 9.41. The van der Waals surface area contributed by atoms with Crippen molar-refractivity contribution in [2.75, 3.05) is 44.7 Å². The van der Waals surface area contributed by atoms with Gasteiger partial charge in [-0.15, -0.1) is 0 Å². The quantitative estimate of drug-likeness (QED) is 0.475. The van der Waals surface area contributed by atoms with Crippen molar-refractivity contribution in [2.45, 2.75) is 51.0 Å². The highest BCUT2D eigenvalue weighted by Gasteiger charge is 2.34. The van der Waals surface area contributed by atoms with Crippen LogP contribution in [0.2, 0.25) is 0 Å². The van der Waals surface area contributed by atoms with Crippen molar-refractivity contribution in [3.8, 4) is 12.1 Å². The van der Waals surface area contributed by atoms with Gasteiger partial charge in [0.2, 0.25) is 5.91 Å². The Morgan fingerprint density at radius 1 is 1.18 bits per heavy atom. The fourth-order valence-electron chi connectivity index (χ4n) is 5.77. The molecule has 0 spiro atoms. The molecule has 0 radical (unpaired) electrons. The fourth-order valence-corrected chi connectivity index (χ4v) is 5.77. The number of aromatic nitrogens is 2. The van der Waals surface area contributed by atoms with E-state index in [1.54, 1.807) is 4.90 Å². The Labute approximate surface area is 227 Å². The summed E-state index contributed by atoms with van der Waals surface area (Å²) < 4.78 is 33.7. The van der Waals surface area contributed by atoms with Crippen LogP contribution in [-0.2, 0) is 24.4 Å². The number of nitrogens with zero attached hydrogens (tertiary/aromatic N) is 7. The van der Waals surface area contributed by atoms with E-state index in [9.17, 15) is 18.8 Å². The molecule has 39 heavy (non-hydrogen) atoms. The first-order valence-corrected chi connectivity index (χ1v) is 13.3. The number of likely N-dealkylation sites (tertiary alicyclic amines) is 1. The van der Waals surface area contributed by atoms with Crippen molar-refractivity contribution in [1.82, 2.24) is 24.7 Å². The Bertz CT molecular complexity index is 1260. The van der Waals surface area contributed by atoms with E-state index >= 15 is 0 Å². The van der Waals surface area contributed by atoms with Crippen molar-refractivity contribution < 1.29 is 18.3 Å². The fraction of sp³-hybridized carbons (Fsp3) is 0.500. The Balaban J connectivity index is 1.41. The van der Waals surface area contributed by atoms with E-state index in [1.165, 1.54) is 18.2 Å². The molecule has 0 saturated carbocycles. The highest BCUT2D eigenvalue weighted by atomic mass is 19.1. The second kappa shape index (κ2) is 11.6. The third kappa shape index (κ3) is 6.02. The third-order valence-electron chi connectivity index (χ3n) is 7.78. The van der Waals surface area contributed by atoms with Gasteiger partial charge < -0.3 is 19.4 Å². The number of anilines is 1. The zero-order valence-corrected chi connectivity index (χ0v) is 22.2. The van der Waals surface area contributed by atoms with Crippen LogP contribution in [0.3, 0.4) is 0 Å². The number of halogens is 2. The number of piperazine rings is 1. The Morgan fingerprint density at radius 3 is 2.67 bits per heavy atom. The molecule has 0 bridgehead atoms. The Kier molecular flexibility index (Phi) is 8.04. The predicted molar refractivity (Wildman–Crippen MR) is 141 cm³/mol. The first-order chi connectivity index (χ1) is 18.8. The summed E-state index contributed by atoms with van der Waals surface area (Å²) in [4.78, 5) is 30.1. The number of ether oxygens (including phenoxy) is 1. The number of carbonyl (C=O) groups excluding carboxylic acids is 1. The number of rotatable bonds is 8. The number of amides is 1. The summed E-state index contributed by atoms with van der Waals surface area (Å²) in [7, 11) is 2.09. The van der Waals surface area contributed by atoms with Gasteiger partial charge in [0.15, 0.2) is 0 Å². The Hall–Kier alpha value is -3.62. The molecule has 2 aromatic rings. The molecule has 9 nitrogen and oxygen atoms in total. The summed E-state index contributed by atoms with van der Waals surface area (Å²) in [6.45, 7) is 7.87. The molecule has 2 saturated heterocycles. The van der Waals surface area contributed by atoms with Gasteiger partial charge in [-0.2, -0.15) is 15.2 Å². The average molecular weight is 538 g/mol. The van der Waals surface area contributed by atoms with Gasteiger partial charge in [-0.1, -0.05) is 6.58 Å². The highest BCUT2D eigenvalue weighted by Crippen LogP contribution is 2.33. The lowest BCUT2D eigenvalue weighted by atomic mass is 10.1. The molecule has 11 heteroatoms. The summed E-state index contributed by atoms with van der Waals surface area (Å²) in [5.41, 5.74) is 2.28. The molecular formula is C28H33F2N7O2. The number of benzene rings is 1. The van der Waals surface area contributed by atoms with Crippen LogP contribution in [0.25, 0.3) is 0 Å². The smallest absolute Gasteiger partial charge is 0.318 e. The Morgan fingerprint density at radius 2 is 1.97 bits per heavy atom. The lowest BCUT2D eigenvalue weighted by Gasteiger charge is -2.41. The molecule has 3 aliphatic heterocycles. The molecule has 0 unspecified atom stereocenters. The molecule has 3 aliphatic rings. The van der Waals surface area contributed by atoms with Gasteiger partial charge in [-0.25, -0.2) is 8.78 Å². The van der Waals surface area contributed by atoms with Gasteiger partial charge >= 0.3 is 6.01 Å². The van der Waals surface area contributed by atoms with Crippen LogP contribution in [0.15, 0.2) is 30.9 Å². The van der Waals surface area contributed by atoms with Crippen LogP contribution in [0, 0.1) is 23.0 Å². The number of carbonyl (C=O) groups is 1. The van der Waals surface area contributed by atoms with Gasteiger partial charge in [0.05, 0.1) is 24.2 Å². The summed E-state index contributed by atoms with van der Waals surface area (Å²) in [6.07, 6.45) is 3.66. The third-order valence-corrected chi connectivity index (χ3v) is 7.78. The molecule has 2 atom stereocenters. The van der Waals surface area contributed by atoms with Crippen molar-refractivity contribution in [1.29, 1.82) is 5.26 Å². The zero-order chi connectivity index (χ0) is 27.5. The van der Waals surface area contributed by atoms with Gasteiger partial charge in [-0.3, -0.25) is 9.69 Å². The van der Waals surface area contributed by atoms with Gasteiger partial charge in [-0.05, 0) is 50.2 Å². The van der Waals surface area contributed by atoms with E-state index in [1.807, 2.05) is 0 Å². The van der Waals surface area contributed by atoms with Crippen LogP contribution in [0.1, 0.15) is 36.1 Å². The predicted octanol–water partition coefficient (Wildman–Crippen LogP) is 2.86. The monoisotopic (exact) mass is 537 g/mol. The minimum atomic E-state index is -0.606. The number of nitriles is 1. The summed E-state index contributed by atoms with van der Waals surface area (Å²) in [6, 6.07) is 6.04. The number of hydrogen-bond acceptors (Lipinski definition) is 8. The highest BCUT2D eigenvalue weighted by molar-refractivity contribution is 5.87. The second-order valence-corrected chi connectivity index (χ2v) is 10.5. The summed E-state index contributed by atoms with van der Waals surface area (Å²) in [5.74, 6) is -0.687. The van der Waals surface area contributed by atoms with E-state index in [-0.39, 0.29) is 18.4 Å². The van der Waals surface area contributed by atoms with Crippen molar-refractivity contribution >= 4 is 11.7 Å². The van der Waals surface area contributed by atoms with Crippen molar-refractivity contribution in [2.24, 2.45) is 0 Å². The largest absolute Gasteiger partial charge is 0.462 e. The molecule has 5 rings (SSSR count). The zero-order valence-electron chi connectivity index (χ0n) is 22.2. The molecule has 0 N–H and O–H groups in total. The molecule has 1 amide bonds. The lowest BCUT2D eigenvalue weighted by Crippen LogP contribution is -2.55. The molecule has 206 valence electrons. The normalized spacial score (nSPS) is 21.6. The van der Waals surface area contributed by atoms with E-state index in [4.69, 9.17) is 14.7 Å². The van der Waals surface area contributed by atoms with E-state index in [0.29, 0.717) is 63.5 Å². The van der Waals surface area contributed by atoms with Crippen LogP contribution < -0.4 is 9.64 Å². The first kappa shape index (κ1) is 27.0. The maximum absolute atomic E-state index is 13.8. The number of hydrogen-bond donors (Lipinski definition) is 0. The van der Waals surface area contributed by atoms with Gasteiger partial charge in [0.1, 0.15) is 24.1 Å². The van der Waals surface area contributed by atoms with Gasteiger partial charge in [0, 0.05) is 56.9 Å². The molecular weight excluding hydrogens is 504 g/mol. The van der Waals surface area contributed by atoms with Crippen molar-refractivity contribution in [3.63, 3.8) is 0 Å². The standard InChI is InChI=1S/C28H33F2N7O2/c1-3-26(38)37-10-9-36(15-22(37)6-7-31)27-24-16-35(14-19-11-20(29)13-21(30)12-19)17-25(24)32-28(33-27)39-18-23-5-4-8-34(23)2/h3,11-13,22-23H,1,4-6,8-10,14-18H2,2H3/t22-,23-/m0/s1. The topological polar surface area (TPSA) is 88.8 Å². The molecule has 0 aliphatic carbocycles. The minimum absolute atomic E-state index is 0.192. The van der Waals surface area contributed by atoms with Gasteiger partial charge in [0.25, 0.3) is 0 Å². The molecule has 1 aromatic carbocycles. The summed E-state index contributed by atoms with van der Waals surface area (Å²) >= 11 is 0. The lowest BCUT2D eigenvalue weighted by molar-refractivity contribution is -0.128. The maximum atomic E-state index is 13.8. The molecule has 2 fully saturated rings. The van der Waals surface area contributed by atoms with Crippen LogP contribution >= 0.6 is 0 Å². The van der Waals surface area contributed by atoms with Crippen LogP contribution in [0.4, 0.5) is 14.6 Å². The van der Waals surface area contributed by atoms with Crippen LogP contribution in [-0.4, -0.2) is 82.5 Å². The minimum Gasteiger partial charge on any atom is -0.462 e. The average Bonchev–Trinajstić information content (AvgIpc) is 3.51. The van der Waals surface area contributed by atoms with E-state index in [2.05, 4.69) is 34.4 Å². The SMILES string of the molecule is C=CC(=O)N1CCN(c2nc(OC[C@@H]3CCCN3C)nc3c2CN(Cc2cc(F)cc(F)c2)C3)C[C@@H]1CC#N.